The Hall–Kier alpha value is -2.05. The molecule has 11 heteroatoms. The summed E-state index contributed by atoms with van der Waals surface area (Å²) < 4.78 is 39.3. The van der Waals surface area contributed by atoms with Gasteiger partial charge in [0.15, 0.2) is 23.4 Å². The Morgan fingerprint density at radius 1 is 1.08 bits per heavy atom. The van der Waals surface area contributed by atoms with Gasteiger partial charge in [-0.2, -0.15) is 0 Å². The van der Waals surface area contributed by atoms with E-state index in [4.69, 9.17) is 0 Å². The molecule has 0 heterocycles. The highest BCUT2D eigenvalue weighted by molar-refractivity contribution is 14.0. The van der Waals surface area contributed by atoms with Crippen LogP contribution in [0.25, 0.3) is 0 Å². The minimum Gasteiger partial charge on any atom is -0.347 e. The predicted molar refractivity (Wildman–Crippen MR) is 98.4 cm³/mol. The molecule has 0 aliphatic heterocycles. The minimum atomic E-state index is -1.67. The molecule has 1 aromatic carbocycles. The van der Waals surface area contributed by atoms with Gasteiger partial charge in [-0.3, -0.25) is 14.6 Å². The minimum absolute atomic E-state index is 0. The number of amides is 2. The van der Waals surface area contributed by atoms with E-state index in [9.17, 15) is 22.8 Å². The molecule has 2 amide bonds. The van der Waals surface area contributed by atoms with E-state index < -0.39 is 29.0 Å². The van der Waals surface area contributed by atoms with Crippen LogP contribution in [0.15, 0.2) is 17.1 Å². The molecule has 0 spiro atoms. The fraction of sp³-hybridized carbons (Fsp3) is 0.357. The van der Waals surface area contributed by atoms with Crippen LogP contribution < -0.4 is 16.0 Å². The van der Waals surface area contributed by atoms with E-state index in [-0.39, 0.29) is 48.9 Å². The number of benzene rings is 1. The molecule has 0 aliphatic carbocycles. The van der Waals surface area contributed by atoms with Gasteiger partial charge in [-0.1, -0.05) is 0 Å². The first kappa shape index (κ1) is 22.9. The van der Waals surface area contributed by atoms with Gasteiger partial charge in [0.25, 0.3) is 0 Å². The van der Waals surface area contributed by atoms with E-state index in [1.54, 1.807) is 14.1 Å². The van der Waals surface area contributed by atoms with E-state index in [1.807, 2.05) is 0 Å². The fourth-order valence-corrected chi connectivity index (χ4v) is 1.52. The molecule has 0 atom stereocenters. The molecule has 0 saturated carbocycles. The smallest absolute Gasteiger partial charge is 0.243 e. The predicted octanol–water partition coefficient (Wildman–Crippen LogP) is 0.914. The molecule has 7 nitrogen and oxygen atoms in total. The van der Waals surface area contributed by atoms with Gasteiger partial charge in [0.2, 0.25) is 11.8 Å². The van der Waals surface area contributed by atoms with Crippen LogP contribution in [0.3, 0.4) is 0 Å². The molecule has 3 N–H and O–H groups in total. The quantitative estimate of drug-likeness (QED) is 0.257. The lowest BCUT2D eigenvalue weighted by Crippen LogP contribution is -2.45. The van der Waals surface area contributed by atoms with Crippen LogP contribution in [0.1, 0.15) is 0 Å². The van der Waals surface area contributed by atoms with Crippen molar-refractivity contribution in [3.05, 3.63) is 29.6 Å². The highest BCUT2D eigenvalue weighted by Crippen LogP contribution is 2.19. The van der Waals surface area contributed by atoms with Crippen molar-refractivity contribution < 1.29 is 22.8 Å². The maximum absolute atomic E-state index is 13.4. The van der Waals surface area contributed by atoms with Gasteiger partial charge in [-0.25, -0.2) is 13.2 Å². The van der Waals surface area contributed by atoms with Crippen molar-refractivity contribution in [2.45, 2.75) is 0 Å². The number of likely N-dealkylation sites (N-methyl/N-ethyl adjacent to an activating group) is 1. The van der Waals surface area contributed by atoms with Crippen molar-refractivity contribution in [3.63, 3.8) is 0 Å². The summed E-state index contributed by atoms with van der Waals surface area (Å²) in [4.78, 5) is 28.3. The van der Waals surface area contributed by atoms with Crippen molar-refractivity contribution in [2.24, 2.45) is 4.99 Å². The lowest BCUT2D eigenvalue weighted by Gasteiger charge is -2.14. The average molecular weight is 473 g/mol. The second-order valence-electron chi connectivity index (χ2n) is 4.84. The lowest BCUT2D eigenvalue weighted by atomic mass is 10.2. The Morgan fingerprint density at radius 3 is 2.24 bits per heavy atom. The third kappa shape index (κ3) is 7.15. The zero-order chi connectivity index (χ0) is 18.3. The van der Waals surface area contributed by atoms with E-state index >= 15 is 0 Å². The van der Waals surface area contributed by atoms with Gasteiger partial charge in [-0.15, -0.1) is 24.0 Å². The molecule has 0 fully saturated rings. The number of carbonyl (C=O) groups excluding carboxylic acids is 2. The van der Waals surface area contributed by atoms with Crippen LogP contribution in [-0.2, 0) is 9.59 Å². The molecule has 0 bridgehead atoms. The van der Waals surface area contributed by atoms with Crippen LogP contribution in [0, 0.1) is 17.5 Å². The topological polar surface area (TPSA) is 85.8 Å². The van der Waals surface area contributed by atoms with Gasteiger partial charge in [0.1, 0.15) is 0 Å². The summed E-state index contributed by atoms with van der Waals surface area (Å²) in [6.45, 7) is -0.361. The average Bonchev–Trinajstić information content (AvgIpc) is 2.55. The zero-order valence-electron chi connectivity index (χ0n) is 13.8. The third-order valence-corrected chi connectivity index (χ3v) is 2.86. The van der Waals surface area contributed by atoms with Crippen LogP contribution in [0.2, 0.25) is 0 Å². The SMILES string of the molecule is CN=C(NCC(=O)Nc1ccc(F)c(F)c1F)NCC(=O)N(C)C.I. The monoisotopic (exact) mass is 473 g/mol. The standard InChI is InChI=1S/C14H18F3N5O2.HI/c1-18-14(20-7-11(24)22(2)3)19-6-10(23)21-9-5-4-8(15)12(16)13(9)17;/h4-5H,6-7H2,1-3H3,(H,21,23)(H2,18,19,20);1H. The van der Waals surface area contributed by atoms with E-state index in [1.165, 1.54) is 11.9 Å². The van der Waals surface area contributed by atoms with Crippen molar-refractivity contribution in [2.75, 3.05) is 39.5 Å². The number of nitrogens with one attached hydrogen (secondary N) is 3. The first-order chi connectivity index (χ1) is 11.3. The first-order valence-corrected chi connectivity index (χ1v) is 6.84. The Bertz CT molecular complexity index is 656. The van der Waals surface area contributed by atoms with Crippen LogP contribution in [-0.4, -0.2) is 56.9 Å². The van der Waals surface area contributed by atoms with Crippen molar-refractivity contribution in [1.82, 2.24) is 15.5 Å². The zero-order valence-corrected chi connectivity index (χ0v) is 16.2. The number of anilines is 1. The number of guanidine groups is 1. The summed E-state index contributed by atoms with van der Waals surface area (Å²) in [5.74, 6) is -5.24. The normalized spacial score (nSPS) is 10.6. The molecular formula is C14H19F3IN5O2. The van der Waals surface area contributed by atoms with Gasteiger partial charge < -0.3 is 20.9 Å². The number of halogens is 4. The van der Waals surface area contributed by atoms with Gasteiger partial charge in [-0.05, 0) is 12.1 Å². The molecule has 0 unspecified atom stereocenters. The maximum atomic E-state index is 13.4. The number of hydrogen-bond donors (Lipinski definition) is 3. The van der Waals surface area contributed by atoms with E-state index in [0.29, 0.717) is 6.07 Å². The molecule has 0 aliphatic rings. The number of hydrogen-bond acceptors (Lipinski definition) is 3. The maximum Gasteiger partial charge on any atom is 0.243 e. The fourth-order valence-electron chi connectivity index (χ4n) is 1.52. The van der Waals surface area contributed by atoms with Gasteiger partial charge in [0, 0.05) is 21.1 Å². The van der Waals surface area contributed by atoms with E-state index in [0.717, 1.165) is 6.07 Å². The number of carbonyl (C=O) groups is 2. The lowest BCUT2D eigenvalue weighted by molar-refractivity contribution is -0.127. The summed E-state index contributed by atoms with van der Waals surface area (Å²) in [6, 6.07) is 1.61. The largest absolute Gasteiger partial charge is 0.347 e. The third-order valence-electron chi connectivity index (χ3n) is 2.86. The molecule has 0 radical (unpaired) electrons. The summed E-state index contributed by atoms with van der Waals surface area (Å²) in [6.07, 6.45) is 0. The molecule has 0 saturated heterocycles. The van der Waals surface area contributed by atoms with Crippen LogP contribution >= 0.6 is 24.0 Å². The summed E-state index contributed by atoms with van der Waals surface area (Å²) >= 11 is 0. The van der Waals surface area contributed by atoms with Gasteiger partial charge >= 0.3 is 0 Å². The first-order valence-electron chi connectivity index (χ1n) is 6.84. The molecule has 25 heavy (non-hydrogen) atoms. The van der Waals surface area contributed by atoms with Crippen LogP contribution in [0.4, 0.5) is 18.9 Å². The van der Waals surface area contributed by atoms with Gasteiger partial charge in [0.05, 0.1) is 18.8 Å². The van der Waals surface area contributed by atoms with Crippen molar-refractivity contribution in [3.8, 4) is 0 Å². The van der Waals surface area contributed by atoms with E-state index in [2.05, 4.69) is 20.9 Å². The number of nitrogens with zero attached hydrogens (tertiary/aromatic N) is 2. The Kier molecular flexibility index (Phi) is 9.86. The second kappa shape index (κ2) is 10.7. The molecule has 1 aromatic rings. The summed E-state index contributed by atoms with van der Waals surface area (Å²) in [5, 5.41) is 7.38. The highest BCUT2D eigenvalue weighted by atomic mass is 127. The van der Waals surface area contributed by atoms with Crippen LogP contribution in [0.5, 0.6) is 0 Å². The Labute approximate surface area is 160 Å². The Morgan fingerprint density at radius 2 is 1.68 bits per heavy atom. The Balaban J connectivity index is 0.00000576. The summed E-state index contributed by atoms with van der Waals surface area (Å²) in [7, 11) is 4.61. The molecule has 1 rings (SSSR count). The summed E-state index contributed by atoms with van der Waals surface area (Å²) in [5.41, 5.74) is -0.480. The molecular weight excluding hydrogens is 454 g/mol. The van der Waals surface area contributed by atoms with Crippen molar-refractivity contribution in [1.29, 1.82) is 0 Å². The highest BCUT2D eigenvalue weighted by Gasteiger charge is 2.15. The second-order valence-corrected chi connectivity index (χ2v) is 4.84. The molecule has 140 valence electrons. The van der Waals surface area contributed by atoms with Crippen molar-refractivity contribution >= 4 is 47.4 Å². The molecule has 0 aromatic heterocycles. The number of aliphatic imine (C=N–C) groups is 1. The number of rotatable bonds is 5.